The van der Waals surface area contributed by atoms with Crippen molar-refractivity contribution in [1.82, 2.24) is 0 Å². The fourth-order valence-electron chi connectivity index (χ4n) is 0.320. The highest BCUT2D eigenvalue weighted by Crippen LogP contribution is 2.28. The fraction of sp³-hybridized carbons (Fsp3) is 1.00. The molecule has 0 rings (SSSR count). The van der Waals surface area contributed by atoms with Gasteiger partial charge in [-0.05, 0) is 0 Å². The maximum atomic E-state index is 11.7. The second-order valence-corrected chi connectivity index (χ2v) is 1.76. The van der Waals surface area contributed by atoms with Crippen LogP contribution >= 0.6 is 0 Å². The van der Waals surface area contributed by atoms with Crippen LogP contribution in [0.15, 0.2) is 0 Å². The van der Waals surface area contributed by atoms with Gasteiger partial charge < -0.3 is 5.11 Å². The zero-order chi connectivity index (χ0) is 9.23. The normalized spacial score (nSPS) is 21.0. The second-order valence-electron chi connectivity index (χ2n) is 1.76. The predicted octanol–water partition coefficient (Wildman–Crippen LogP) is 1.51. The Kier molecular flexibility index (Phi) is 3.15. The SMILES string of the molecule is OC(F)C(F)C(F)C(F)(F)F. The summed E-state index contributed by atoms with van der Waals surface area (Å²) in [4.78, 5) is 0. The van der Waals surface area contributed by atoms with E-state index in [1.54, 1.807) is 0 Å². The highest BCUT2D eigenvalue weighted by molar-refractivity contribution is 4.76. The van der Waals surface area contributed by atoms with Crippen molar-refractivity contribution < 1.29 is 31.4 Å². The van der Waals surface area contributed by atoms with Gasteiger partial charge in [-0.25, -0.2) is 13.2 Å². The van der Waals surface area contributed by atoms with Crippen molar-refractivity contribution in [2.24, 2.45) is 0 Å². The van der Waals surface area contributed by atoms with Crippen LogP contribution in [0.5, 0.6) is 0 Å². The van der Waals surface area contributed by atoms with E-state index in [0.29, 0.717) is 0 Å². The Hall–Kier alpha value is -0.460. The van der Waals surface area contributed by atoms with E-state index < -0.39 is 24.9 Å². The van der Waals surface area contributed by atoms with Crippen molar-refractivity contribution in [3.8, 4) is 0 Å². The van der Waals surface area contributed by atoms with E-state index in [-0.39, 0.29) is 0 Å². The summed E-state index contributed by atoms with van der Waals surface area (Å²) in [6, 6.07) is 0. The van der Waals surface area contributed by atoms with Crippen LogP contribution in [-0.2, 0) is 0 Å². The second kappa shape index (κ2) is 3.29. The van der Waals surface area contributed by atoms with Gasteiger partial charge in [-0.1, -0.05) is 0 Å². The number of aliphatic hydroxyl groups excluding tert-OH is 1. The summed E-state index contributed by atoms with van der Waals surface area (Å²) in [5, 5.41) is 7.57. The van der Waals surface area contributed by atoms with E-state index in [1.807, 2.05) is 0 Å². The predicted molar refractivity (Wildman–Crippen MR) is 23.0 cm³/mol. The summed E-state index contributed by atoms with van der Waals surface area (Å²) in [5.41, 5.74) is 0. The standard InChI is InChI=1S/C4H4F6O/c5-1(3(7)11)2(6)4(8,9)10/h1-3,11H. The van der Waals surface area contributed by atoms with Gasteiger partial charge in [0.2, 0.25) is 12.5 Å². The van der Waals surface area contributed by atoms with Gasteiger partial charge in [0, 0.05) is 0 Å². The maximum absolute atomic E-state index is 11.7. The van der Waals surface area contributed by atoms with Gasteiger partial charge in [-0.15, -0.1) is 0 Å². The molecule has 68 valence electrons. The monoisotopic (exact) mass is 182 g/mol. The number of aliphatic hydroxyl groups is 1. The third-order valence-corrected chi connectivity index (χ3v) is 0.855. The molecule has 1 nitrogen and oxygen atoms in total. The number of rotatable bonds is 2. The molecule has 0 aliphatic rings. The first-order valence-corrected chi connectivity index (χ1v) is 2.44. The average Bonchev–Trinajstić information content (AvgIpc) is 1.82. The molecule has 0 spiro atoms. The van der Waals surface area contributed by atoms with E-state index in [9.17, 15) is 26.3 Å². The highest BCUT2D eigenvalue weighted by Gasteiger charge is 2.48. The average molecular weight is 182 g/mol. The van der Waals surface area contributed by atoms with E-state index >= 15 is 0 Å². The Bertz CT molecular complexity index is 120. The lowest BCUT2D eigenvalue weighted by Crippen LogP contribution is -2.38. The molecule has 0 aliphatic carbocycles. The van der Waals surface area contributed by atoms with Gasteiger partial charge in [0.05, 0.1) is 0 Å². The smallest absolute Gasteiger partial charge is 0.362 e. The van der Waals surface area contributed by atoms with Gasteiger partial charge in [0.25, 0.3) is 0 Å². The van der Waals surface area contributed by atoms with Crippen LogP contribution in [0.1, 0.15) is 0 Å². The molecule has 1 N–H and O–H groups in total. The molecule has 0 radical (unpaired) electrons. The quantitative estimate of drug-likeness (QED) is 0.641. The largest absolute Gasteiger partial charge is 0.422 e. The van der Waals surface area contributed by atoms with Crippen LogP contribution in [0.2, 0.25) is 0 Å². The first-order valence-electron chi connectivity index (χ1n) is 2.44. The molecule has 0 aromatic carbocycles. The Morgan fingerprint density at radius 3 is 1.45 bits per heavy atom. The highest BCUT2D eigenvalue weighted by atomic mass is 19.4. The van der Waals surface area contributed by atoms with Crippen LogP contribution in [0, 0.1) is 0 Å². The molecule has 7 heteroatoms. The minimum atomic E-state index is -5.48. The Balaban J connectivity index is 4.13. The molecule has 0 aromatic heterocycles. The summed E-state index contributed by atoms with van der Waals surface area (Å²) in [6.45, 7) is 0. The van der Waals surface area contributed by atoms with Gasteiger partial charge in [-0.2, -0.15) is 13.2 Å². The first-order chi connectivity index (χ1) is 4.76. The van der Waals surface area contributed by atoms with E-state index in [0.717, 1.165) is 0 Å². The van der Waals surface area contributed by atoms with Crippen molar-refractivity contribution in [2.45, 2.75) is 24.9 Å². The van der Waals surface area contributed by atoms with E-state index in [4.69, 9.17) is 5.11 Å². The fourth-order valence-corrected chi connectivity index (χ4v) is 0.320. The molecule has 0 aromatic rings. The molecule has 0 saturated heterocycles. The van der Waals surface area contributed by atoms with Gasteiger partial charge in [-0.3, -0.25) is 0 Å². The van der Waals surface area contributed by atoms with Crippen molar-refractivity contribution in [1.29, 1.82) is 0 Å². The molecule has 0 bridgehead atoms. The van der Waals surface area contributed by atoms with Gasteiger partial charge >= 0.3 is 6.18 Å². The Morgan fingerprint density at radius 2 is 1.36 bits per heavy atom. The number of hydrogen-bond donors (Lipinski definition) is 1. The van der Waals surface area contributed by atoms with Crippen LogP contribution in [-0.4, -0.2) is 30.0 Å². The van der Waals surface area contributed by atoms with Crippen LogP contribution < -0.4 is 0 Å². The van der Waals surface area contributed by atoms with Crippen LogP contribution in [0.4, 0.5) is 26.3 Å². The summed E-state index contributed by atoms with van der Waals surface area (Å²) >= 11 is 0. The minimum absolute atomic E-state index is 3.45. The molecule has 3 atom stereocenters. The van der Waals surface area contributed by atoms with Gasteiger partial charge in [0.15, 0.2) is 6.17 Å². The molecule has 0 saturated carbocycles. The number of halogens is 6. The minimum Gasteiger partial charge on any atom is -0.362 e. The molecule has 0 fully saturated rings. The van der Waals surface area contributed by atoms with Crippen molar-refractivity contribution in [2.75, 3.05) is 0 Å². The lowest BCUT2D eigenvalue weighted by molar-refractivity contribution is -0.215. The molecule has 0 amide bonds. The Labute approximate surface area is 57.6 Å². The molecule has 11 heavy (non-hydrogen) atoms. The summed E-state index contributed by atoms with van der Waals surface area (Å²) in [5.74, 6) is 0. The number of hydrogen-bond acceptors (Lipinski definition) is 1. The van der Waals surface area contributed by atoms with E-state index in [1.165, 1.54) is 0 Å². The lowest BCUT2D eigenvalue weighted by atomic mass is 10.2. The Morgan fingerprint density at radius 1 is 1.00 bits per heavy atom. The molecule has 0 heterocycles. The van der Waals surface area contributed by atoms with Crippen molar-refractivity contribution in [3.05, 3.63) is 0 Å². The first kappa shape index (κ1) is 10.5. The third kappa shape index (κ3) is 2.96. The molecular formula is C4H4F6O. The molecule has 3 unspecified atom stereocenters. The van der Waals surface area contributed by atoms with Gasteiger partial charge in [0.1, 0.15) is 0 Å². The third-order valence-electron chi connectivity index (χ3n) is 0.855. The van der Waals surface area contributed by atoms with Crippen LogP contribution in [0.25, 0.3) is 0 Å². The van der Waals surface area contributed by atoms with Crippen molar-refractivity contribution in [3.63, 3.8) is 0 Å². The van der Waals surface area contributed by atoms with Crippen molar-refractivity contribution >= 4 is 0 Å². The molecule has 0 aliphatic heterocycles. The summed E-state index contributed by atoms with van der Waals surface area (Å²) < 4.78 is 68.2. The van der Waals surface area contributed by atoms with Crippen LogP contribution in [0.3, 0.4) is 0 Å². The lowest BCUT2D eigenvalue weighted by Gasteiger charge is -2.16. The zero-order valence-electron chi connectivity index (χ0n) is 4.95. The summed E-state index contributed by atoms with van der Waals surface area (Å²) in [7, 11) is 0. The molecular weight excluding hydrogens is 178 g/mol. The maximum Gasteiger partial charge on any atom is 0.422 e. The topological polar surface area (TPSA) is 20.2 Å². The zero-order valence-corrected chi connectivity index (χ0v) is 4.95. The summed E-state index contributed by atoms with van der Waals surface area (Å²) in [6.07, 6.45) is -16.5. The van der Waals surface area contributed by atoms with E-state index in [2.05, 4.69) is 0 Å². The number of alkyl halides is 6.